The molecule has 0 bridgehead atoms. The van der Waals surface area contributed by atoms with E-state index in [1.54, 1.807) is 0 Å². The fourth-order valence-electron chi connectivity index (χ4n) is 4.64. The Kier molecular flexibility index (Phi) is 5.63. The summed E-state index contributed by atoms with van der Waals surface area (Å²) in [6.07, 6.45) is 0. The van der Waals surface area contributed by atoms with Gasteiger partial charge in [-0.25, -0.2) is 4.98 Å². The second-order valence-corrected chi connectivity index (χ2v) is 12.9. The van der Waals surface area contributed by atoms with Crippen molar-refractivity contribution in [3.8, 4) is 4.75 Å². The SMILES string of the molecule is Cc1cc2ccccc2c2c1op(-c1nc(NC(=O)C(C)(C)C)cs1)oc1c(C)cc3ccccc3c12. The number of fused-ring (bicyclic) bond motifs is 7. The summed E-state index contributed by atoms with van der Waals surface area (Å²) < 4.78 is 14.2. The normalized spacial score (nSPS) is 12.0. The average molecular weight is 527 g/mol. The van der Waals surface area contributed by atoms with Crippen molar-refractivity contribution in [2.24, 2.45) is 5.41 Å². The monoisotopic (exact) mass is 526 g/mol. The maximum Gasteiger partial charge on any atom is 0.284 e. The number of aromatic nitrogens is 1. The Morgan fingerprint density at radius 3 is 1.89 bits per heavy atom. The molecule has 0 spiro atoms. The van der Waals surface area contributed by atoms with Crippen LogP contribution in [0.2, 0.25) is 0 Å². The summed E-state index contributed by atoms with van der Waals surface area (Å²) in [7, 11) is -1.59. The zero-order valence-electron chi connectivity index (χ0n) is 21.4. The predicted molar refractivity (Wildman–Crippen MR) is 156 cm³/mol. The third-order valence-corrected chi connectivity index (χ3v) is 9.06. The van der Waals surface area contributed by atoms with Gasteiger partial charge in [0.1, 0.15) is 17.0 Å². The van der Waals surface area contributed by atoms with Gasteiger partial charge in [0, 0.05) is 21.6 Å². The van der Waals surface area contributed by atoms with Crippen LogP contribution in [0.4, 0.5) is 5.82 Å². The zero-order chi connectivity index (χ0) is 25.9. The third-order valence-electron chi connectivity index (χ3n) is 6.54. The second kappa shape index (κ2) is 8.76. The molecule has 0 aliphatic rings. The van der Waals surface area contributed by atoms with Crippen LogP contribution < -0.4 is 5.32 Å². The minimum atomic E-state index is -1.59. The van der Waals surface area contributed by atoms with E-state index in [4.69, 9.17) is 13.4 Å². The molecule has 0 saturated carbocycles. The number of thiazole rings is 1. The van der Waals surface area contributed by atoms with Crippen molar-refractivity contribution in [1.29, 1.82) is 0 Å². The van der Waals surface area contributed by atoms with E-state index in [1.165, 1.54) is 11.3 Å². The molecule has 186 valence electrons. The lowest BCUT2D eigenvalue weighted by atomic mass is 9.95. The molecule has 0 aliphatic heterocycles. The second-order valence-electron chi connectivity index (χ2n) is 10.4. The molecular weight excluding hydrogens is 499 g/mol. The van der Waals surface area contributed by atoms with Crippen molar-refractivity contribution >= 4 is 74.6 Å². The van der Waals surface area contributed by atoms with Gasteiger partial charge in [-0.1, -0.05) is 69.3 Å². The van der Waals surface area contributed by atoms with Crippen LogP contribution >= 0.6 is 19.4 Å². The molecule has 7 heteroatoms. The van der Waals surface area contributed by atoms with Crippen LogP contribution in [0.1, 0.15) is 31.9 Å². The van der Waals surface area contributed by atoms with Gasteiger partial charge < -0.3 is 13.7 Å². The van der Waals surface area contributed by atoms with Crippen LogP contribution in [-0.2, 0) is 4.79 Å². The summed E-state index contributed by atoms with van der Waals surface area (Å²) in [6.45, 7) is 9.80. The van der Waals surface area contributed by atoms with Gasteiger partial charge in [0.25, 0.3) is 8.01 Å². The van der Waals surface area contributed by atoms with E-state index in [0.29, 0.717) is 10.6 Å². The molecule has 4 aromatic carbocycles. The van der Waals surface area contributed by atoms with Crippen LogP contribution in [0.3, 0.4) is 0 Å². The smallest absolute Gasteiger partial charge is 0.284 e. The summed E-state index contributed by atoms with van der Waals surface area (Å²) in [5.41, 5.74) is 3.20. The quantitative estimate of drug-likeness (QED) is 0.244. The lowest BCUT2D eigenvalue weighted by Gasteiger charge is -2.16. The van der Waals surface area contributed by atoms with E-state index in [9.17, 15) is 4.79 Å². The van der Waals surface area contributed by atoms with Gasteiger partial charge in [-0.3, -0.25) is 4.79 Å². The number of anilines is 1. The summed E-state index contributed by atoms with van der Waals surface area (Å²) in [6, 6.07) is 21.2. The van der Waals surface area contributed by atoms with Gasteiger partial charge in [0.15, 0.2) is 0 Å². The van der Waals surface area contributed by atoms with Crippen molar-refractivity contribution in [2.75, 3.05) is 5.32 Å². The molecule has 0 fully saturated rings. The highest BCUT2D eigenvalue weighted by Gasteiger charge is 2.23. The lowest BCUT2D eigenvalue weighted by molar-refractivity contribution is -0.123. The van der Waals surface area contributed by atoms with Crippen LogP contribution in [0.15, 0.2) is 74.4 Å². The molecule has 2 aromatic heterocycles. The van der Waals surface area contributed by atoms with Crippen LogP contribution in [0.5, 0.6) is 0 Å². The zero-order valence-corrected chi connectivity index (χ0v) is 23.1. The van der Waals surface area contributed by atoms with Crippen LogP contribution in [0, 0.1) is 19.3 Å². The first-order chi connectivity index (χ1) is 17.7. The van der Waals surface area contributed by atoms with Gasteiger partial charge in [0.05, 0.1) is 0 Å². The summed E-state index contributed by atoms with van der Waals surface area (Å²) in [5.74, 6) is 0.435. The number of amides is 1. The maximum atomic E-state index is 12.5. The Bertz CT molecular complexity index is 1790. The highest BCUT2D eigenvalue weighted by atomic mass is 32.1. The van der Waals surface area contributed by atoms with E-state index < -0.39 is 13.4 Å². The van der Waals surface area contributed by atoms with Crippen molar-refractivity contribution in [3.63, 3.8) is 0 Å². The fraction of sp³-hybridized carbons (Fsp3) is 0.200. The highest BCUT2D eigenvalue weighted by Crippen LogP contribution is 2.48. The Labute approximate surface area is 219 Å². The molecule has 5 nitrogen and oxygen atoms in total. The van der Waals surface area contributed by atoms with Crippen molar-refractivity contribution in [2.45, 2.75) is 34.6 Å². The molecule has 0 unspecified atom stereocenters. The van der Waals surface area contributed by atoms with Crippen LogP contribution in [0.25, 0.3) is 48.2 Å². The largest absolute Gasteiger partial charge is 0.414 e. The number of carbonyl (C=O) groups excluding carboxylic acids is 1. The van der Waals surface area contributed by atoms with Gasteiger partial charge in [0.2, 0.25) is 10.7 Å². The van der Waals surface area contributed by atoms with E-state index in [0.717, 1.165) is 54.6 Å². The number of hydrogen-bond donors (Lipinski definition) is 1. The summed E-state index contributed by atoms with van der Waals surface area (Å²) >= 11 is 1.44. The molecule has 2 heterocycles. The van der Waals surface area contributed by atoms with Gasteiger partial charge in [-0.2, -0.15) is 0 Å². The van der Waals surface area contributed by atoms with Gasteiger partial charge >= 0.3 is 0 Å². The molecule has 0 aliphatic carbocycles. The number of nitrogens with zero attached hydrogens (tertiary/aromatic N) is 1. The Morgan fingerprint density at radius 2 is 1.38 bits per heavy atom. The Morgan fingerprint density at radius 1 is 0.865 bits per heavy atom. The summed E-state index contributed by atoms with van der Waals surface area (Å²) in [4.78, 5) is 17.3. The van der Waals surface area contributed by atoms with E-state index in [1.807, 2.05) is 26.2 Å². The lowest BCUT2D eigenvalue weighted by Crippen LogP contribution is -2.27. The first kappa shape index (κ1) is 23.8. The Balaban J connectivity index is 1.73. The number of nitrogens with one attached hydrogen (secondary N) is 1. The standard InChI is InChI=1S/C30H27N2O3PS/c1-17-14-19-10-6-8-12-21(19)24-25-22-13-9-7-11-20(22)15-18(2)27(25)35-36(34-26(17)24)29-32-23(16-37-29)31-28(33)30(3,4)5/h6-16H,1-5H3,(H,31,33). The predicted octanol–water partition coefficient (Wildman–Crippen LogP) is 9.64. The minimum absolute atomic E-state index is 0.0832. The minimum Gasteiger partial charge on any atom is -0.414 e. The molecule has 37 heavy (non-hydrogen) atoms. The van der Waals surface area contributed by atoms with Crippen molar-refractivity contribution in [1.82, 2.24) is 4.98 Å². The van der Waals surface area contributed by atoms with Crippen molar-refractivity contribution < 1.29 is 13.2 Å². The number of hydrogen-bond acceptors (Lipinski definition) is 5. The molecule has 6 aromatic rings. The average Bonchev–Trinajstić information content (AvgIpc) is 3.23. The Hall–Kier alpha value is -3.60. The number of carbonyl (C=O) groups is 1. The first-order valence-corrected chi connectivity index (χ1v) is 14.2. The molecule has 6 rings (SSSR count). The van der Waals surface area contributed by atoms with E-state index in [2.05, 4.69) is 79.8 Å². The fourth-order valence-corrected chi connectivity index (χ4v) is 7.03. The first-order valence-electron chi connectivity index (χ1n) is 12.2. The van der Waals surface area contributed by atoms with Crippen LogP contribution in [-0.4, -0.2) is 10.9 Å². The van der Waals surface area contributed by atoms with Crippen molar-refractivity contribution in [3.05, 3.63) is 77.2 Å². The van der Waals surface area contributed by atoms with Gasteiger partial charge in [-0.05, 0) is 58.7 Å². The topological polar surface area (TPSA) is 68.3 Å². The molecule has 0 atom stereocenters. The number of rotatable bonds is 2. The molecule has 1 amide bonds. The molecule has 0 radical (unpaired) electrons. The maximum absolute atomic E-state index is 12.5. The van der Waals surface area contributed by atoms with Gasteiger partial charge in [-0.15, -0.1) is 11.3 Å². The summed E-state index contributed by atoms with van der Waals surface area (Å²) in [5, 5.41) is 11.4. The number of aryl methyl sites for hydroxylation is 2. The van der Waals surface area contributed by atoms with E-state index in [-0.39, 0.29) is 5.91 Å². The third kappa shape index (κ3) is 4.11. The molecular formula is C30H27N2O3PS. The molecule has 1 N–H and O–H groups in total. The molecule has 0 saturated heterocycles. The highest BCUT2D eigenvalue weighted by molar-refractivity contribution is 7.54. The van der Waals surface area contributed by atoms with E-state index >= 15 is 0 Å². The number of benzene rings is 4.